The summed E-state index contributed by atoms with van der Waals surface area (Å²) in [7, 11) is 0. The Hall–Kier alpha value is -4.03. The van der Waals surface area contributed by atoms with Crippen molar-refractivity contribution in [3.05, 3.63) is 102 Å². The molecule has 0 saturated carbocycles. The van der Waals surface area contributed by atoms with Crippen LogP contribution in [0.15, 0.2) is 91.0 Å². The van der Waals surface area contributed by atoms with Gasteiger partial charge in [0, 0.05) is 48.1 Å². The minimum Gasteiger partial charge on any atom is -0.484 e. The highest BCUT2D eigenvalue weighted by Gasteiger charge is 2.22. The van der Waals surface area contributed by atoms with E-state index >= 15 is 0 Å². The Labute approximate surface area is 215 Å². The molecule has 0 bridgehead atoms. The molecule has 182 valence electrons. The Balaban J connectivity index is 1.12. The van der Waals surface area contributed by atoms with Crippen LogP contribution in [-0.4, -0.2) is 49.5 Å². The van der Waals surface area contributed by atoms with E-state index in [1.807, 2.05) is 71.6 Å². The van der Waals surface area contributed by atoms with E-state index in [1.54, 1.807) is 24.3 Å². The molecule has 1 N–H and O–H groups in total. The second-order valence-electron chi connectivity index (χ2n) is 8.68. The van der Waals surface area contributed by atoms with Gasteiger partial charge < -0.3 is 19.9 Å². The number of carbonyl (C=O) groups is 2. The predicted molar refractivity (Wildman–Crippen MR) is 144 cm³/mol. The average molecular weight is 500 g/mol. The number of ether oxygens (including phenoxy) is 1. The van der Waals surface area contributed by atoms with Crippen LogP contribution in [0, 0.1) is 0 Å². The number of fused-ring (bicyclic) bond motifs is 1. The Morgan fingerprint density at radius 3 is 2.22 bits per heavy atom. The fourth-order valence-electron chi connectivity index (χ4n) is 4.31. The predicted octanol–water partition coefficient (Wildman–Crippen LogP) is 5.47. The van der Waals surface area contributed by atoms with E-state index < -0.39 is 0 Å². The lowest BCUT2D eigenvalue weighted by Crippen LogP contribution is -2.48. The molecule has 1 fully saturated rings. The van der Waals surface area contributed by atoms with Gasteiger partial charge in [0.15, 0.2) is 6.61 Å². The van der Waals surface area contributed by atoms with Gasteiger partial charge in [0.2, 0.25) is 0 Å². The average Bonchev–Trinajstić information content (AvgIpc) is 2.92. The van der Waals surface area contributed by atoms with Gasteiger partial charge in [-0.3, -0.25) is 9.59 Å². The molecule has 0 aliphatic carbocycles. The molecule has 36 heavy (non-hydrogen) atoms. The third-order valence-electron chi connectivity index (χ3n) is 6.26. The number of anilines is 2. The summed E-state index contributed by atoms with van der Waals surface area (Å²) in [5.74, 6) is 0.418. The number of amides is 2. The van der Waals surface area contributed by atoms with Gasteiger partial charge in [-0.25, -0.2) is 0 Å². The Morgan fingerprint density at radius 2 is 1.50 bits per heavy atom. The monoisotopic (exact) mass is 499 g/mol. The normalized spacial score (nSPS) is 13.5. The molecule has 5 rings (SSSR count). The molecule has 4 aromatic carbocycles. The van der Waals surface area contributed by atoms with Crippen molar-refractivity contribution >= 4 is 45.6 Å². The fourth-order valence-corrected chi connectivity index (χ4v) is 4.43. The Bertz CT molecular complexity index is 1360. The quantitative estimate of drug-likeness (QED) is 0.382. The van der Waals surface area contributed by atoms with E-state index in [0.29, 0.717) is 29.5 Å². The summed E-state index contributed by atoms with van der Waals surface area (Å²) in [6, 6.07) is 28.5. The molecule has 0 aromatic heterocycles. The minimum atomic E-state index is -0.237. The van der Waals surface area contributed by atoms with Crippen LogP contribution in [0.3, 0.4) is 0 Å². The van der Waals surface area contributed by atoms with Crippen LogP contribution in [0.2, 0.25) is 5.02 Å². The van der Waals surface area contributed by atoms with Gasteiger partial charge in [-0.2, -0.15) is 0 Å². The zero-order chi connectivity index (χ0) is 24.9. The first-order valence-electron chi connectivity index (χ1n) is 11.9. The van der Waals surface area contributed by atoms with Gasteiger partial charge in [0.05, 0.1) is 0 Å². The third kappa shape index (κ3) is 5.61. The summed E-state index contributed by atoms with van der Waals surface area (Å²) in [6.07, 6.45) is 0. The number of hydrogen-bond acceptors (Lipinski definition) is 4. The van der Waals surface area contributed by atoms with Crippen molar-refractivity contribution in [2.75, 3.05) is 43.0 Å². The van der Waals surface area contributed by atoms with E-state index in [2.05, 4.69) is 10.2 Å². The molecule has 7 heteroatoms. The first kappa shape index (κ1) is 23.7. The lowest BCUT2D eigenvalue weighted by Gasteiger charge is -2.36. The molecular weight excluding hydrogens is 474 g/mol. The zero-order valence-electron chi connectivity index (χ0n) is 19.7. The van der Waals surface area contributed by atoms with E-state index in [4.69, 9.17) is 16.3 Å². The molecule has 0 spiro atoms. The van der Waals surface area contributed by atoms with Crippen LogP contribution in [0.25, 0.3) is 10.8 Å². The molecule has 4 aromatic rings. The van der Waals surface area contributed by atoms with Crippen molar-refractivity contribution in [1.29, 1.82) is 0 Å². The number of halogens is 1. The number of piperazine rings is 1. The van der Waals surface area contributed by atoms with Crippen molar-refractivity contribution in [1.82, 2.24) is 4.90 Å². The van der Waals surface area contributed by atoms with Crippen molar-refractivity contribution in [3.8, 4) is 5.75 Å². The van der Waals surface area contributed by atoms with Gasteiger partial charge in [-0.05, 0) is 71.4 Å². The Morgan fingerprint density at radius 1 is 0.806 bits per heavy atom. The highest BCUT2D eigenvalue weighted by atomic mass is 35.5. The maximum atomic E-state index is 13.0. The third-order valence-corrected chi connectivity index (χ3v) is 6.52. The van der Waals surface area contributed by atoms with Crippen molar-refractivity contribution in [2.45, 2.75) is 0 Å². The summed E-state index contributed by atoms with van der Waals surface area (Å²) < 4.78 is 5.49. The van der Waals surface area contributed by atoms with Crippen LogP contribution in [0.1, 0.15) is 10.4 Å². The summed E-state index contributed by atoms with van der Waals surface area (Å²) in [5, 5.41) is 5.67. The maximum absolute atomic E-state index is 13.0. The topological polar surface area (TPSA) is 61.9 Å². The highest BCUT2D eigenvalue weighted by molar-refractivity contribution is 6.30. The molecule has 0 radical (unpaired) electrons. The van der Waals surface area contributed by atoms with E-state index in [1.165, 1.54) is 0 Å². The van der Waals surface area contributed by atoms with Crippen molar-refractivity contribution in [3.63, 3.8) is 0 Å². The number of nitrogens with one attached hydrogen (secondary N) is 1. The summed E-state index contributed by atoms with van der Waals surface area (Å²) in [4.78, 5) is 29.4. The lowest BCUT2D eigenvalue weighted by atomic mass is 10.1. The molecule has 2 amide bonds. The molecule has 1 aliphatic heterocycles. The van der Waals surface area contributed by atoms with Gasteiger partial charge in [-0.1, -0.05) is 41.9 Å². The largest absolute Gasteiger partial charge is 0.484 e. The summed E-state index contributed by atoms with van der Waals surface area (Å²) in [5.41, 5.74) is 2.49. The van der Waals surface area contributed by atoms with E-state index in [-0.39, 0.29) is 18.4 Å². The number of nitrogens with zero attached hydrogens (tertiary/aromatic N) is 2. The van der Waals surface area contributed by atoms with E-state index in [9.17, 15) is 9.59 Å². The standard InChI is InChI=1S/C29H26ClN3O3/c30-24-7-13-27(14-8-24)36-20-28(34)31-25-9-11-26(12-10-25)32-15-17-33(18-16-32)29(35)23-6-5-21-3-1-2-4-22(21)19-23/h1-14,19H,15-18,20H2,(H,31,34). The van der Waals surface area contributed by atoms with Crippen LogP contribution in [0.5, 0.6) is 5.75 Å². The number of rotatable bonds is 6. The van der Waals surface area contributed by atoms with E-state index in [0.717, 1.165) is 35.1 Å². The second kappa shape index (κ2) is 10.7. The highest BCUT2D eigenvalue weighted by Crippen LogP contribution is 2.22. The van der Waals surface area contributed by atoms with Crippen molar-refractivity contribution < 1.29 is 14.3 Å². The molecular formula is C29H26ClN3O3. The maximum Gasteiger partial charge on any atom is 0.262 e. The summed E-state index contributed by atoms with van der Waals surface area (Å²) in [6.45, 7) is 2.73. The molecule has 6 nitrogen and oxygen atoms in total. The van der Waals surface area contributed by atoms with Crippen LogP contribution >= 0.6 is 11.6 Å². The van der Waals surface area contributed by atoms with Crippen molar-refractivity contribution in [2.24, 2.45) is 0 Å². The van der Waals surface area contributed by atoms with Gasteiger partial charge >= 0.3 is 0 Å². The molecule has 1 saturated heterocycles. The number of hydrogen-bond donors (Lipinski definition) is 1. The minimum absolute atomic E-state index is 0.0688. The van der Waals surface area contributed by atoms with Gasteiger partial charge in [-0.15, -0.1) is 0 Å². The fraction of sp³-hybridized carbons (Fsp3) is 0.172. The summed E-state index contributed by atoms with van der Waals surface area (Å²) >= 11 is 5.86. The van der Waals surface area contributed by atoms with Crippen LogP contribution in [0.4, 0.5) is 11.4 Å². The second-order valence-corrected chi connectivity index (χ2v) is 9.12. The Kier molecular flexibility index (Phi) is 7.05. The van der Waals surface area contributed by atoms with Gasteiger partial charge in [0.25, 0.3) is 11.8 Å². The lowest BCUT2D eigenvalue weighted by molar-refractivity contribution is -0.118. The number of benzene rings is 4. The SMILES string of the molecule is O=C(COc1ccc(Cl)cc1)Nc1ccc(N2CCN(C(=O)c3ccc4ccccc4c3)CC2)cc1. The molecule has 1 heterocycles. The first-order valence-corrected chi connectivity index (χ1v) is 12.2. The van der Waals surface area contributed by atoms with Gasteiger partial charge in [0.1, 0.15) is 5.75 Å². The van der Waals surface area contributed by atoms with Crippen LogP contribution < -0.4 is 15.0 Å². The molecule has 0 unspecified atom stereocenters. The smallest absolute Gasteiger partial charge is 0.262 e. The van der Waals surface area contributed by atoms with Crippen LogP contribution in [-0.2, 0) is 4.79 Å². The zero-order valence-corrected chi connectivity index (χ0v) is 20.4. The molecule has 0 atom stereocenters. The number of carbonyl (C=O) groups excluding carboxylic acids is 2. The molecule has 1 aliphatic rings. The first-order chi connectivity index (χ1) is 17.5.